The van der Waals surface area contributed by atoms with Crippen LogP contribution < -0.4 is 4.90 Å². The number of hydrogen-bond acceptors (Lipinski definition) is 5. The first kappa shape index (κ1) is 19.9. The zero-order chi connectivity index (χ0) is 20.4. The lowest BCUT2D eigenvalue weighted by Gasteiger charge is -2.32. The molecule has 2 aromatic rings. The van der Waals surface area contributed by atoms with E-state index in [1.165, 1.54) is 24.9 Å². The molecule has 4 rings (SSSR count). The molecule has 1 N–H and O–H groups in total. The summed E-state index contributed by atoms with van der Waals surface area (Å²) in [6.07, 6.45) is 7.31. The standard InChI is InChI=1S/C22H31N5O2/c1-22(2,29)20-16-27(24-23-20)19-10-14-26(15-11-19)21(28)17-6-8-18(9-7-17)25-12-4-3-5-13-25/h6-9,16,19,29H,3-5,10-15H2,1-2H3. The number of likely N-dealkylation sites (tertiary alicyclic amines) is 1. The van der Waals surface area contributed by atoms with Gasteiger partial charge >= 0.3 is 0 Å². The van der Waals surface area contributed by atoms with Gasteiger partial charge in [-0.25, -0.2) is 4.68 Å². The Morgan fingerprint density at radius 3 is 2.28 bits per heavy atom. The predicted octanol–water partition coefficient (Wildman–Crippen LogP) is 2.97. The maximum absolute atomic E-state index is 12.9. The van der Waals surface area contributed by atoms with Gasteiger partial charge < -0.3 is 14.9 Å². The van der Waals surface area contributed by atoms with Gasteiger partial charge in [-0.05, 0) is 70.2 Å². The molecule has 3 heterocycles. The van der Waals surface area contributed by atoms with Gasteiger partial charge in [-0.2, -0.15) is 0 Å². The summed E-state index contributed by atoms with van der Waals surface area (Å²) < 4.78 is 1.84. The molecule has 0 unspecified atom stereocenters. The molecule has 0 spiro atoms. The van der Waals surface area contributed by atoms with E-state index in [2.05, 4.69) is 27.3 Å². The van der Waals surface area contributed by atoms with Crippen LogP contribution in [0.5, 0.6) is 0 Å². The van der Waals surface area contributed by atoms with Crippen molar-refractivity contribution in [1.29, 1.82) is 0 Å². The first-order valence-corrected chi connectivity index (χ1v) is 10.7. The van der Waals surface area contributed by atoms with Gasteiger partial charge in [0.15, 0.2) is 0 Å². The average molecular weight is 398 g/mol. The van der Waals surface area contributed by atoms with Crippen LogP contribution in [0.25, 0.3) is 0 Å². The summed E-state index contributed by atoms with van der Waals surface area (Å²) in [6.45, 7) is 7.04. The molecule has 29 heavy (non-hydrogen) atoms. The molecule has 2 fully saturated rings. The van der Waals surface area contributed by atoms with Crippen LogP contribution in [-0.4, -0.2) is 57.1 Å². The maximum Gasteiger partial charge on any atom is 0.253 e. The molecule has 0 saturated carbocycles. The van der Waals surface area contributed by atoms with Crippen LogP contribution in [0.1, 0.15) is 68.0 Å². The van der Waals surface area contributed by atoms with Crippen LogP contribution in [0.15, 0.2) is 30.5 Å². The second-order valence-electron chi connectivity index (χ2n) is 8.76. The number of piperidine rings is 2. The smallest absolute Gasteiger partial charge is 0.253 e. The molecule has 156 valence electrons. The van der Waals surface area contributed by atoms with Gasteiger partial charge in [0.05, 0.1) is 12.2 Å². The van der Waals surface area contributed by atoms with E-state index in [1.54, 1.807) is 13.8 Å². The third kappa shape index (κ3) is 4.45. The van der Waals surface area contributed by atoms with Gasteiger partial charge in [0, 0.05) is 37.4 Å². The molecule has 0 aliphatic carbocycles. The monoisotopic (exact) mass is 397 g/mol. The number of hydrogen-bond donors (Lipinski definition) is 1. The van der Waals surface area contributed by atoms with Crippen molar-refractivity contribution in [2.24, 2.45) is 0 Å². The Morgan fingerprint density at radius 1 is 1.03 bits per heavy atom. The number of nitrogens with zero attached hydrogens (tertiary/aromatic N) is 5. The van der Waals surface area contributed by atoms with Crippen LogP contribution >= 0.6 is 0 Å². The van der Waals surface area contributed by atoms with Crippen LogP contribution in [0.3, 0.4) is 0 Å². The number of carbonyl (C=O) groups is 1. The molecule has 7 heteroatoms. The number of aliphatic hydroxyl groups is 1. The van der Waals surface area contributed by atoms with Crippen molar-refractivity contribution in [2.45, 2.75) is 57.6 Å². The van der Waals surface area contributed by atoms with E-state index in [9.17, 15) is 9.90 Å². The summed E-state index contributed by atoms with van der Waals surface area (Å²) in [4.78, 5) is 17.2. The van der Waals surface area contributed by atoms with E-state index in [0.29, 0.717) is 18.8 Å². The molecule has 0 radical (unpaired) electrons. The minimum absolute atomic E-state index is 0.101. The Labute approximate surface area is 172 Å². The van der Waals surface area contributed by atoms with Gasteiger partial charge in [-0.3, -0.25) is 4.79 Å². The summed E-state index contributed by atoms with van der Waals surface area (Å²) in [6, 6.07) is 8.30. The molecule has 7 nitrogen and oxygen atoms in total. The summed E-state index contributed by atoms with van der Waals surface area (Å²) in [5.41, 5.74) is 1.56. The third-order valence-electron chi connectivity index (χ3n) is 6.10. The highest BCUT2D eigenvalue weighted by Crippen LogP contribution is 2.26. The van der Waals surface area contributed by atoms with Gasteiger partial charge in [0.1, 0.15) is 11.3 Å². The fraction of sp³-hybridized carbons (Fsp3) is 0.591. The lowest BCUT2D eigenvalue weighted by molar-refractivity contribution is 0.0689. The second kappa shape index (κ2) is 8.14. The highest BCUT2D eigenvalue weighted by molar-refractivity contribution is 5.94. The molecule has 2 aliphatic heterocycles. The molecular weight excluding hydrogens is 366 g/mol. The van der Waals surface area contributed by atoms with E-state index in [4.69, 9.17) is 0 Å². The van der Waals surface area contributed by atoms with Crippen molar-refractivity contribution in [2.75, 3.05) is 31.1 Å². The zero-order valence-corrected chi connectivity index (χ0v) is 17.4. The molecular formula is C22H31N5O2. The molecule has 1 aromatic heterocycles. The Kier molecular flexibility index (Phi) is 5.58. The predicted molar refractivity (Wildman–Crippen MR) is 112 cm³/mol. The normalized spacial score (nSPS) is 18.9. The highest BCUT2D eigenvalue weighted by atomic mass is 16.3. The van der Waals surface area contributed by atoms with Crippen molar-refractivity contribution in [3.05, 3.63) is 41.7 Å². The van der Waals surface area contributed by atoms with Gasteiger partial charge in [-0.15, -0.1) is 5.10 Å². The number of carbonyl (C=O) groups excluding carboxylic acids is 1. The number of amides is 1. The first-order chi connectivity index (χ1) is 13.9. The third-order valence-corrected chi connectivity index (χ3v) is 6.10. The SMILES string of the molecule is CC(C)(O)c1cn(C2CCN(C(=O)c3ccc(N4CCCCC4)cc3)CC2)nn1. The topological polar surface area (TPSA) is 74.5 Å². The number of anilines is 1. The molecule has 0 atom stereocenters. The summed E-state index contributed by atoms with van der Waals surface area (Å²) >= 11 is 0. The Balaban J connectivity index is 1.34. The van der Waals surface area contributed by atoms with Gasteiger partial charge in [0.25, 0.3) is 5.91 Å². The van der Waals surface area contributed by atoms with Crippen LogP contribution in [0.2, 0.25) is 0 Å². The highest BCUT2D eigenvalue weighted by Gasteiger charge is 2.27. The van der Waals surface area contributed by atoms with Crippen molar-refractivity contribution in [3.63, 3.8) is 0 Å². The summed E-state index contributed by atoms with van der Waals surface area (Å²) in [5.74, 6) is 0.101. The largest absolute Gasteiger partial charge is 0.384 e. The second-order valence-corrected chi connectivity index (χ2v) is 8.76. The van der Waals surface area contributed by atoms with E-state index in [-0.39, 0.29) is 11.9 Å². The van der Waals surface area contributed by atoms with Crippen molar-refractivity contribution >= 4 is 11.6 Å². The number of benzene rings is 1. The van der Waals surface area contributed by atoms with Crippen LogP contribution in [-0.2, 0) is 5.60 Å². The molecule has 1 amide bonds. The first-order valence-electron chi connectivity index (χ1n) is 10.7. The van der Waals surface area contributed by atoms with E-state index in [0.717, 1.165) is 31.5 Å². The fourth-order valence-electron chi connectivity index (χ4n) is 4.22. The number of aromatic nitrogens is 3. The Morgan fingerprint density at radius 2 is 1.69 bits per heavy atom. The summed E-state index contributed by atoms with van der Waals surface area (Å²) in [5, 5.41) is 18.3. The summed E-state index contributed by atoms with van der Waals surface area (Å²) in [7, 11) is 0. The molecule has 1 aromatic carbocycles. The van der Waals surface area contributed by atoms with Crippen LogP contribution in [0, 0.1) is 0 Å². The molecule has 0 bridgehead atoms. The maximum atomic E-state index is 12.9. The van der Waals surface area contributed by atoms with Crippen molar-refractivity contribution < 1.29 is 9.90 Å². The van der Waals surface area contributed by atoms with Crippen molar-refractivity contribution in [1.82, 2.24) is 19.9 Å². The fourth-order valence-corrected chi connectivity index (χ4v) is 4.22. The average Bonchev–Trinajstić information content (AvgIpc) is 3.25. The van der Waals surface area contributed by atoms with E-state index < -0.39 is 5.60 Å². The van der Waals surface area contributed by atoms with Crippen molar-refractivity contribution in [3.8, 4) is 0 Å². The Bertz CT molecular complexity index is 826. The van der Waals surface area contributed by atoms with Crippen LogP contribution in [0.4, 0.5) is 5.69 Å². The zero-order valence-electron chi connectivity index (χ0n) is 17.4. The number of rotatable bonds is 4. The van der Waals surface area contributed by atoms with E-state index >= 15 is 0 Å². The van der Waals surface area contributed by atoms with Gasteiger partial charge in [0.2, 0.25) is 0 Å². The lowest BCUT2D eigenvalue weighted by atomic mass is 10.0. The molecule has 2 saturated heterocycles. The van der Waals surface area contributed by atoms with E-state index in [1.807, 2.05) is 27.9 Å². The molecule has 2 aliphatic rings. The van der Waals surface area contributed by atoms with Gasteiger partial charge in [-0.1, -0.05) is 5.21 Å². The Hall–Kier alpha value is -2.41. The lowest BCUT2D eigenvalue weighted by Crippen LogP contribution is -2.39. The minimum Gasteiger partial charge on any atom is -0.384 e. The minimum atomic E-state index is -0.991. The quantitative estimate of drug-likeness (QED) is 0.859.